The van der Waals surface area contributed by atoms with Crippen LogP contribution in [0.25, 0.3) is 11.3 Å². The Morgan fingerprint density at radius 2 is 1.78 bits per heavy atom. The van der Waals surface area contributed by atoms with Crippen LogP contribution in [0.3, 0.4) is 0 Å². The molecule has 4 aromatic rings. The fourth-order valence-electron chi connectivity index (χ4n) is 4.27. The predicted molar refractivity (Wildman–Crippen MR) is 143 cm³/mol. The highest BCUT2D eigenvalue weighted by molar-refractivity contribution is 14.1. The molecule has 0 fully saturated rings. The second kappa shape index (κ2) is 9.79. The van der Waals surface area contributed by atoms with Crippen LogP contribution in [0.1, 0.15) is 33.8 Å². The first-order valence-corrected chi connectivity index (χ1v) is 12.4. The largest absolute Gasteiger partial charge is 0.479 e. The van der Waals surface area contributed by atoms with Crippen molar-refractivity contribution < 1.29 is 23.9 Å². The molecule has 3 aromatic carbocycles. The van der Waals surface area contributed by atoms with Crippen molar-refractivity contribution in [3.63, 3.8) is 0 Å². The van der Waals surface area contributed by atoms with Crippen LogP contribution in [0.4, 0.5) is 5.69 Å². The molecule has 0 saturated heterocycles. The van der Waals surface area contributed by atoms with Crippen LogP contribution in [-0.2, 0) is 9.59 Å². The summed E-state index contributed by atoms with van der Waals surface area (Å²) in [5.74, 6) is -1.92. The number of aliphatic carboxylic acids is 1. The number of halogens is 2. The monoisotopic (exact) mass is 612 g/mol. The van der Waals surface area contributed by atoms with Gasteiger partial charge in [0.05, 0.1) is 11.3 Å². The number of nitrogens with one attached hydrogen (secondary N) is 1. The van der Waals surface area contributed by atoms with Crippen LogP contribution < -0.4 is 5.32 Å². The van der Waals surface area contributed by atoms with Crippen molar-refractivity contribution in [1.29, 1.82) is 0 Å². The van der Waals surface area contributed by atoms with Crippen LogP contribution in [0.15, 0.2) is 89.3 Å². The fraction of sp³-hybridized carbons (Fsp3) is 0.0741. The third-order valence-corrected chi connectivity index (χ3v) is 6.77. The number of fused-ring (bicyclic) bond motifs is 1. The standard InChI is InChI=1S/C27H18ClIN2O5/c28-17-8-4-7-16(13-17)21-11-12-22(36-21)24-25(32)30-20-10-9-18(29)14-19(20)26(33)31(24)23(27(34)35)15-5-2-1-3-6-15/h1-14,23-24H,(H,30,32)(H,34,35). The van der Waals surface area contributed by atoms with Crippen molar-refractivity contribution in [2.45, 2.75) is 12.1 Å². The van der Waals surface area contributed by atoms with Gasteiger partial charge in [-0.25, -0.2) is 4.79 Å². The maximum atomic E-state index is 14.0. The Morgan fingerprint density at radius 1 is 1.00 bits per heavy atom. The molecular weight excluding hydrogens is 595 g/mol. The van der Waals surface area contributed by atoms with E-state index >= 15 is 0 Å². The van der Waals surface area contributed by atoms with E-state index in [-0.39, 0.29) is 11.3 Å². The summed E-state index contributed by atoms with van der Waals surface area (Å²) >= 11 is 8.18. The number of amides is 2. The lowest BCUT2D eigenvalue weighted by Crippen LogP contribution is -2.44. The molecule has 0 bridgehead atoms. The number of benzene rings is 3. The first-order valence-electron chi connectivity index (χ1n) is 10.9. The van der Waals surface area contributed by atoms with Crippen molar-refractivity contribution in [3.8, 4) is 11.3 Å². The second-order valence-corrected chi connectivity index (χ2v) is 9.84. The molecule has 2 unspecified atom stereocenters. The molecule has 2 heterocycles. The molecule has 36 heavy (non-hydrogen) atoms. The van der Waals surface area contributed by atoms with E-state index in [9.17, 15) is 19.5 Å². The molecule has 7 nitrogen and oxygen atoms in total. The van der Waals surface area contributed by atoms with Gasteiger partial charge >= 0.3 is 5.97 Å². The number of hydrogen-bond acceptors (Lipinski definition) is 4. The average Bonchev–Trinajstić information content (AvgIpc) is 3.31. The Bertz CT molecular complexity index is 1490. The van der Waals surface area contributed by atoms with Crippen molar-refractivity contribution in [2.75, 3.05) is 5.32 Å². The van der Waals surface area contributed by atoms with Gasteiger partial charge in [0.15, 0.2) is 12.1 Å². The highest BCUT2D eigenvalue weighted by Crippen LogP contribution is 2.39. The lowest BCUT2D eigenvalue weighted by Gasteiger charge is -2.32. The number of carboxylic acid groups (broad SMARTS) is 1. The molecule has 0 radical (unpaired) electrons. The third-order valence-electron chi connectivity index (χ3n) is 5.86. The van der Waals surface area contributed by atoms with Gasteiger partial charge in [-0.15, -0.1) is 0 Å². The number of hydrogen-bond donors (Lipinski definition) is 2. The minimum Gasteiger partial charge on any atom is -0.479 e. The Morgan fingerprint density at radius 3 is 2.50 bits per heavy atom. The van der Waals surface area contributed by atoms with E-state index in [1.54, 1.807) is 84.9 Å². The van der Waals surface area contributed by atoms with Gasteiger partial charge in [-0.1, -0.05) is 54.1 Å². The minimum absolute atomic E-state index is 0.125. The minimum atomic E-state index is -1.45. The maximum Gasteiger partial charge on any atom is 0.331 e. The van der Waals surface area contributed by atoms with E-state index in [4.69, 9.17) is 16.0 Å². The molecule has 2 N–H and O–H groups in total. The fourth-order valence-corrected chi connectivity index (χ4v) is 4.95. The third kappa shape index (κ3) is 4.49. The molecule has 5 rings (SSSR count). The molecule has 2 amide bonds. The Kier molecular flexibility index (Phi) is 6.55. The van der Waals surface area contributed by atoms with Crippen molar-refractivity contribution in [1.82, 2.24) is 4.90 Å². The molecule has 0 aliphatic carbocycles. The number of carbonyl (C=O) groups excluding carboxylic acids is 2. The van der Waals surface area contributed by atoms with Gasteiger partial charge in [0.25, 0.3) is 11.8 Å². The van der Waals surface area contributed by atoms with Gasteiger partial charge in [0.1, 0.15) is 11.5 Å². The summed E-state index contributed by atoms with van der Waals surface area (Å²) in [7, 11) is 0. The SMILES string of the molecule is O=C(O)C(c1ccccc1)N1C(=O)c2cc(I)ccc2NC(=O)C1c1ccc(-c2cccc(Cl)c2)o1. The van der Waals surface area contributed by atoms with Gasteiger partial charge in [0, 0.05) is 14.2 Å². The Labute approximate surface area is 224 Å². The summed E-state index contributed by atoms with van der Waals surface area (Å²) in [6.45, 7) is 0. The maximum absolute atomic E-state index is 14.0. The van der Waals surface area contributed by atoms with E-state index in [1.807, 2.05) is 0 Å². The van der Waals surface area contributed by atoms with Crippen molar-refractivity contribution >= 4 is 57.7 Å². The summed E-state index contributed by atoms with van der Waals surface area (Å²) in [5.41, 5.74) is 1.53. The molecule has 2 atom stereocenters. The number of rotatable bonds is 5. The summed E-state index contributed by atoms with van der Waals surface area (Å²) in [4.78, 5) is 41.3. The smallest absolute Gasteiger partial charge is 0.331 e. The van der Waals surface area contributed by atoms with Gasteiger partial charge in [-0.05, 0) is 70.6 Å². The first-order chi connectivity index (χ1) is 17.3. The normalized spacial score (nSPS) is 16.2. The highest BCUT2D eigenvalue weighted by atomic mass is 127. The van der Waals surface area contributed by atoms with Crippen LogP contribution >= 0.6 is 34.2 Å². The molecule has 180 valence electrons. The highest BCUT2D eigenvalue weighted by Gasteiger charge is 2.45. The zero-order valence-corrected chi connectivity index (χ0v) is 21.4. The number of nitrogens with zero attached hydrogens (tertiary/aromatic N) is 1. The average molecular weight is 613 g/mol. The topological polar surface area (TPSA) is 99.9 Å². The number of carbonyl (C=O) groups is 3. The molecule has 0 saturated carbocycles. The lowest BCUT2D eigenvalue weighted by molar-refractivity contribution is -0.144. The predicted octanol–water partition coefficient (Wildman–Crippen LogP) is 6.17. The Balaban J connectivity index is 1.69. The summed E-state index contributed by atoms with van der Waals surface area (Å²) < 4.78 is 6.81. The molecule has 0 spiro atoms. The quantitative estimate of drug-likeness (QED) is 0.263. The van der Waals surface area contributed by atoms with E-state index < -0.39 is 29.9 Å². The zero-order valence-electron chi connectivity index (χ0n) is 18.5. The van der Waals surface area contributed by atoms with E-state index in [1.165, 1.54) is 0 Å². The molecule has 1 aliphatic heterocycles. The summed E-state index contributed by atoms with van der Waals surface area (Å²) in [6.07, 6.45) is 0. The van der Waals surface area contributed by atoms with Crippen LogP contribution in [0.5, 0.6) is 0 Å². The lowest BCUT2D eigenvalue weighted by atomic mass is 10.0. The van der Waals surface area contributed by atoms with E-state index in [0.29, 0.717) is 27.6 Å². The van der Waals surface area contributed by atoms with Gasteiger partial charge < -0.3 is 19.7 Å². The van der Waals surface area contributed by atoms with Crippen LogP contribution in [-0.4, -0.2) is 27.8 Å². The number of carboxylic acids is 1. The van der Waals surface area contributed by atoms with E-state index in [0.717, 1.165) is 8.47 Å². The molecule has 9 heteroatoms. The van der Waals surface area contributed by atoms with Crippen molar-refractivity contribution in [2.24, 2.45) is 0 Å². The zero-order chi connectivity index (χ0) is 25.4. The molecular formula is C27H18ClIN2O5. The van der Waals surface area contributed by atoms with Crippen molar-refractivity contribution in [3.05, 3.63) is 110 Å². The summed E-state index contributed by atoms with van der Waals surface area (Å²) in [5, 5.41) is 13.6. The van der Waals surface area contributed by atoms with Gasteiger partial charge in [-0.2, -0.15) is 0 Å². The Hall–Kier alpha value is -3.63. The number of furan rings is 1. The van der Waals surface area contributed by atoms with Crippen LogP contribution in [0, 0.1) is 3.57 Å². The number of anilines is 1. The van der Waals surface area contributed by atoms with Gasteiger partial charge in [-0.3, -0.25) is 9.59 Å². The molecule has 1 aliphatic rings. The summed E-state index contributed by atoms with van der Waals surface area (Å²) in [6, 6.07) is 20.8. The first kappa shape index (κ1) is 24.1. The van der Waals surface area contributed by atoms with E-state index in [2.05, 4.69) is 27.9 Å². The van der Waals surface area contributed by atoms with Crippen LogP contribution in [0.2, 0.25) is 5.02 Å². The second-order valence-electron chi connectivity index (χ2n) is 8.16. The molecule has 1 aromatic heterocycles. The van der Waals surface area contributed by atoms with Gasteiger partial charge in [0.2, 0.25) is 0 Å².